The number of carbonyl (C=O) groups excluding carboxylic acids is 1. The van der Waals surface area contributed by atoms with E-state index in [4.69, 9.17) is 4.74 Å². The van der Waals surface area contributed by atoms with Crippen molar-refractivity contribution >= 4 is 11.9 Å². The van der Waals surface area contributed by atoms with Crippen LogP contribution in [0.25, 0.3) is 0 Å². The molecule has 0 spiro atoms. The highest BCUT2D eigenvalue weighted by Gasteiger charge is 2.09. The minimum absolute atomic E-state index is 0.220. The first-order valence-electron chi connectivity index (χ1n) is 7.13. The van der Waals surface area contributed by atoms with Crippen molar-refractivity contribution in [3.05, 3.63) is 65.5 Å². The number of aliphatic imine (C=N–C) groups is 1. The molecule has 1 aromatic carbocycles. The first-order chi connectivity index (χ1) is 10.7. The van der Waals surface area contributed by atoms with Crippen LogP contribution in [0.5, 0.6) is 0 Å². The fourth-order valence-electron chi connectivity index (χ4n) is 1.87. The van der Waals surface area contributed by atoms with Gasteiger partial charge < -0.3 is 4.74 Å². The van der Waals surface area contributed by atoms with Crippen LogP contribution >= 0.6 is 0 Å². The van der Waals surface area contributed by atoms with E-state index in [1.807, 2.05) is 44.2 Å². The van der Waals surface area contributed by atoms with Gasteiger partial charge in [-0.05, 0) is 37.6 Å². The van der Waals surface area contributed by atoms with E-state index >= 15 is 0 Å². The van der Waals surface area contributed by atoms with Gasteiger partial charge in [0, 0.05) is 18.0 Å². The van der Waals surface area contributed by atoms with Crippen molar-refractivity contribution in [3.8, 4) is 0 Å². The SMILES string of the molecule is CCOC(=NCc1cccnc1)NC(=O)c1cccc(C)c1. The highest BCUT2D eigenvalue weighted by atomic mass is 16.5. The highest BCUT2D eigenvalue weighted by molar-refractivity contribution is 6.04. The summed E-state index contributed by atoms with van der Waals surface area (Å²) in [7, 11) is 0. The lowest BCUT2D eigenvalue weighted by atomic mass is 10.1. The number of amides is 1. The largest absolute Gasteiger partial charge is 0.465 e. The highest BCUT2D eigenvalue weighted by Crippen LogP contribution is 2.04. The quantitative estimate of drug-likeness (QED) is 0.697. The van der Waals surface area contributed by atoms with Crippen molar-refractivity contribution in [2.75, 3.05) is 6.61 Å². The Balaban J connectivity index is 2.06. The lowest BCUT2D eigenvalue weighted by Crippen LogP contribution is -2.32. The number of nitrogens with one attached hydrogen (secondary N) is 1. The third-order valence-electron chi connectivity index (χ3n) is 2.91. The molecule has 0 atom stereocenters. The number of rotatable bonds is 4. The third-order valence-corrected chi connectivity index (χ3v) is 2.91. The van der Waals surface area contributed by atoms with Gasteiger partial charge in [-0.3, -0.25) is 15.1 Å². The van der Waals surface area contributed by atoms with E-state index in [0.29, 0.717) is 18.7 Å². The van der Waals surface area contributed by atoms with Gasteiger partial charge in [-0.25, -0.2) is 4.99 Å². The molecular formula is C17H19N3O2. The third kappa shape index (κ3) is 4.70. The summed E-state index contributed by atoms with van der Waals surface area (Å²) in [4.78, 5) is 20.5. The lowest BCUT2D eigenvalue weighted by Gasteiger charge is -2.09. The van der Waals surface area contributed by atoms with Gasteiger partial charge in [-0.15, -0.1) is 0 Å². The summed E-state index contributed by atoms with van der Waals surface area (Å²) < 4.78 is 5.38. The van der Waals surface area contributed by atoms with Crippen LogP contribution in [0.2, 0.25) is 0 Å². The predicted octanol–water partition coefficient (Wildman–Crippen LogP) is 2.71. The molecule has 0 fully saturated rings. The summed E-state index contributed by atoms with van der Waals surface area (Å²) in [6.45, 7) is 4.62. The number of aromatic nitrogens is 1. The zero-order valence-corrected chi connectivity index (χ0v) is 12.7. The zero-order valence-electron chi connectivity index (χ0n) is 12.7. The maximum Gasteiger partial charge on any atom is 0.292 e. The van der Waals surface area contributed by atoms with Gasteiger partial charge in [0.2, 0.25) is 0 Å². The summed E-state index contributed by atoms with van der Waals surface area (Å²) in [5.74, 6) is -0.234. The Morgan fingerprint density at radius 2 is 2.18 bits per heavy atom. The van der Waals surface area contributed by atoms with Crippen molar-refractivity contribution < 1.29 is 9.53 Å². The monoisotopic (exact) mass is 297 g/mol. The summed E-state index contributed by atoms with van der Waals surface area (Å²) in [5, 5.41) is 2.70. The van der Waals surface area contributed by atoms with Gasteiger partial charge in [0.15, 0.2) is 0 Å². The molecule has 22 heavy (non-hydrogen) atoms. The van der Waals surface area contributed by atoms with Gasteiger partial charge in [-0.1, -0.05) is 23.8 Å². The Labute approximate surface area is 130 Å². The van der Waals surface area contributed by atoms with E-state index in [0.717, 1.165) is 11.1 Å². The number of benzene rings is 1. The van der Waals surface area contributed by atoms with Crippen LogP contribution in [0.3, 0.4) is 0 Å². The molecule has 2 rings (SSSR count). The number of amidine groups is 1. The topological polar surface area (TPSA) is 63.6 Å². The molecule has 1 aromatic heterocycles. The second-order valence-corrected chi connectivity index (χ2v) is 4.74. The molecule has 0 aliphatic heterocycles. The normalized spacial score (nSPS) is 11.1. The van der Waals surface area contributed by atoms with Gasteiger partial charge in [-0.2, -0.15) is 0 Å². The van der Waals surface area contributed by atoms with Crippen molar-refractivity contribution in [1.82, 2.24) is 10.3 Å². The molecule has 1 amide bonds. The number of carbonyl (C=O) groups is 1. The Bertz CT molecular complexity index is 654. The average Bonchev–Trinajstić information content (AvgIpc) is 2.54. The molecule has 0 saturated heterocycles. The number of hydrogen-bond donors (Lipinski definition) is 1. The zero-order chi connectivity index (χ0) is 15.8. The second-order valence-electron chi connectivity index (χ2n) is 4.74. The van der Waals surface area contributed by atoms with E-state index in [1.54, 1.807) is 18.5 Å². The lowest BCUT2D eigenvalue weighted by molar-refractivity contribution is 0.0966. The molecule has 5 nitrogen and oxygen atoms in total. The fourth-order valence-corrected chi connectivity index (χ4v) is 1.87. The molecule has 0 bridgehead atoms. The van der Waals surface area contributed by atoms with E-state index < -0.39 is 0 Å². The second kappa shape index (κ2) is 7.93. The van der Waals surface area contributed by atoms with E-state index in [1.165, 1.54) is 0 Å². The first-order valence-corrected chi connectivity index (χ1v) is 7.13. The molecule has 0 aliphatic carbocycles. The number of hydrogen-bond acceptors (Lipinski definition) is 4. The molecule has 5 heteroatoms. The molecule has 0 unspecified atom stereocenters. The van der Waals surface area contributed by atoms with Crippen LogP contribution in [0.4, 0.5) is 0 Å². The van der Waals surface area contributed by atoms with Crippen LogP contribution in [-0.2, 0) is 11.3 Å². The van der Waals surface area contributed by atoms with Gasteiger partial charge >= 0.3 is 0 Å². The first kappa shape index (κ1) is 15.7. The molecular weight excluding hydrogens is 278 g/mol. The Kier molecular flexibility index (Phi) is 5.65. The molecule has 0 aliphatic rings. The summed E-state index contributed by atoms with van der Waals surface area (Å²) >= 11 is 0. The summed E-state index contributed by atoms with van der Waals surface area (Å²) in [5.41, 5.74) is 2.55. The number of pyridine rings is 1. The smallest absolute Gasteiger partial charge is 0.292 e. The Hall–Kier alpha value is -2.69. The van der Waals surface area contributed by atoms with Crippen LogP contribution in [0, 0.1) is 6.92 Å². The number of nitrogens with zero attached hydrogens (tertiary/aromatic N) is 2. The van der Waals surface area contributed by atoms with Gasteiger partial charge in [0.05, 0.1) is 13.2 Å². The number of aryl methyl sites for hydroxylation is 1. The van der Waals surface area contributed by atoms with Crippen molar-refractivity contribution in [2.24, 2.45) is 4.99 Å². The minimum Gasteiger partial charge on any atom is -0.465 e. The molecule has 1 N–H and O–H groups in total. The molecule has 2 aromatic rings. The number of ether oxygens (including phenoxy) is 1. The molecule has 0 radical (unpaired) electrons. The fraction of sp³-hybridized carbons (Fsp3) is 0.235. The Morgan fingerprint density at radius 3 is 2.86 bits per heavy atom. The molecule has 1 heterocycles. The molecule has 114 valence electrons. The maximum absolute atomic E-state index is 12.2. The van der Waals surface area contributed by atoms with Crippen LogP contribution in [0.1, 0.15) is 28.4 Å². The van der Waals surface area contributed by atoms with Crippen LogP contribution in [-0.4, -0.2) is 23.5 Å². The van der Waals surface area contributed by atoms with Crippen molar-refractivity contribution in [1.29, 1.82) is 0 Å². The summed E-state index contributed by atoms with van der Waals surface area (Å²) in [6, 6.07) is 11.3. The van der Waals surface area contributed by atoms with Crippen molar-refractivity contribution in [3.63, 3.8) is 0 Å². The van der Waals surface area contributed by atoms with Gasteiger partial charge in [0.1, 0.15) is 0 Å². The maximum atomic E-state index is 12.2. The predicted molar refractivity (Wildman–Crippen MR) is 85.6 cm³/mol. The van der Waals surface area contributed by atoms with Crippen molar-refractivity contribution in [2.45, 2.75) is 20.4 Å². The average molecular weight is 297 g/mol. The van der Waals surface area contributed by atoms with E-state index in [-0.39, 0.29) is 11.9 Å². The minimum atomic E-state index is -0.234. The van der Waals surface area contributed by atoms with Crippen LogP contribution < -0.4 is 5.32 Å². The standard InChI is InChI=1S/C17H19N3O2/c1-3-22-17(19-12-14-7-5-9-18-11-14)20-16(21)15-8-4-6-13(2)10-15/h4-11H,3,12H2,1-2H3,(H,19,20,21). The van der Waals surface area contributed by atoms with Crippen LogP contribution in [0.15, 0.2) is 53.8 Å². The van der Waals surface area contributed by atoms with E-state index in [9.17, 15) is 4.79 Å². The Morgan fingerprint density at radius 1 is 1.32 bits per heavy atom. The summed E-state index contributed by atoms with van der Waals surface area (Å²) in [6.07, 6.45) is 3.44. The van der Waals surface area contributed by atoms with E-state index in [2.05, 4.69) is 15.3 Å². The molecule has 0 saturated carbocycles. The van der Waals surface area contributed by atoms with Gasteiger partial charge in [0.25, 0.3) is 11.9 Å².